The molecule has 1 atom stereocenters. The van der Waals surface area contributed by atoms with Crippen LogP contribution in [-0.4, -0.2) is 60.5 Å². The van der Waals surface area contributed by atoms with E-state index in [-0.39, 0.29) is 11.6 Å². The zero-order valence-electron chi connectivity index (χ0n) is 21.6. The Balaban J connectivity index is 1.60. The lowest BCUT2D eigenvalue weighted by Crippen LogP contribution is -2.30. The number of nitrogens with one attached hydrogen (secondary N) is 2. The summed E-state index contributed by atoms with van der Waals surface area (Å²) in [6.45, 7) is 0.789. The number of anilines is 1. The molecule has 2 amide bonds. The number of allylic oxidation sites excluding steroid dienone is 2. The van der Waals surface area contributed by atoms with Crippen LogP contribution in [0.4, 0.5) is 10.2 Å². The standard InChI is InChI=1S/C28H31FN6O3/c1-35(2)13-12-24(34-27-22-9-5-8-21(26(30)36)25(22)31-16-32-27)17-6-4-7-18(14-17)33-28(37)20-11-10-19(38-3)15-23(20)29/h5-6,8-11,14-16,24H,4,7,12-13H2,1-3H3,(H2,30,36)(H,33,37)(H,31,32,34). The number of nitrogens with two attached hydrogens (primary N) is 1. The van der Waals surface area contributed by atoms with Crippen LogP contribution >= 0.6 is 0 Å². The largest absolute Gasteiger partial charge is 0.497 e. The summed E-state index contributed by atoms with van der Waals surface area (Å²) in [5.74, 6) is -0.804. The maximum atomic E-state index is 14.4. The lowest BCUT2D eigenvalue weighted by Gasteiger charge is -2.26. The van der Waals surface area contributed by atoms with Crippen LogP contribution in [0.15, 0.2) is 66.1 Å². The van der Waals surface area contributed by atoms with Gasteiger partial charge in [-0.3, -0.25) is 9.59 Å². The second kappa shape index (κ2) is 11.8. The lowest BCUT2D eigenvalue weighted by atomic mass is 9.95. The van der Waals surface area contributed by atoms with E-state index in [1.54, 1.807) is 18.2 Å². The Morgan fingerprint density at radius 1 is 1.18 bits per heavy atom. The highest BCUT2D eigenvalue weighted by Crippen LogP contribution is 2.27. The van der Waals surface area contributed by atoms with Crippen LogP contribution in [0.3, 0.4) is 0 Å². The summed E-state index contributed by atoms with van der Waals surface area (Å²) >= 11 is 0. The molecule has 0 saturated carbocycles. The van der Waals surface area contributed by atoms with Gasteiger partial charge >= 0.3 is 0 Å². The number of para-hydroxylation sites is 1. The van der Waals surface area contributed by atoms with Gasteiger partial charge in [0.2, 0.25) is 0 Å². The number of hydrogen-bond acceptors (Lipinski definition) is 7. The summed E-state index contributed by atoms with van der Waals surface area (Å²) < 4.78 is 19.5. The van der Waals surface area contributed by atoms with Gasteiger partial charge in [-0.25, -0.2) is 14.4 Å². The van der Waals surface area contributed by atoms with Gasteiger partial charge in [0.15, 0.2) is 0 Å². The summed E-state index contributed by atoms with van der Waals surface area (Å²) in [6, 6.07) is 9.22. The van der Waals surface area contributed by atoms with E-state index in [9.17, 15) is 14.0 Å². The van der Waals surface area contributed by atoms with Crippen molar-refractivity contribution in [2.24, 2.45) is 5.73 Å². The first-order valence-corrected chi connectivity index (χ1v) is 12.3. The Kier molecular flexibility index (Phi) is 8.32. The number of ether oxygens (including phenoxy) is 1. The second-order valence-corrected chi connectivity index (χ2v) is 9.29. The van der Waals surface area contributed by atoms with Crippen LogP contribution < -0.4 is 21.1 Å². The molecule has 1 aromatic heterocycles. The monoisotopic (exact) mass is 518 g/mol. The molecule has 0 fully saturated rings. The number of halogens is 1. The molecule has 1 aliphatic rings. The Morgan fingerprint density at radius 3 is 2.71 bits per heavy atom. The van der Waals surface area contributed by atoms with Crippen LogP contribution in [0, 0.1) is 5.82 Å². The second-order valence-electron chi connectivity index (χ2n) is 9.29. The van der Waals surface area contributed by atoms with Gasteiger partial charge in [0.25, 0.3) is 11.8 Å². The van der Waals surface area contributed by atoms with E-state index < -0.39 is 17.6 Å². The quantitative estimate of drug-likeness (QED) is 0.375. The molecule has 10 heteroatoms. The highest BCUT2D eigenvalue weighted by molar-refractivity contribution is 6.06. The number of methoxy groups -OCH3 is 1. The third-order valence-electron chi connectivity index (χ3n) is 6.34. The predicted molar refractivity (Wildman–Crippen MR) is 144 cm³/mol. The summed E-state index contributed by atoms with van der Waals surface area (Å²) in [6.07, 6.45) is 7.52. The smallest absolute Gasteiger partial charge is 0.258 e. The number of carbonyl (C=O) groups excluding carboxylic acids is 2. The van der Waals surface area contributed by atoms with Gasteiger partial charge in [0, 0.05) is 17.1 Å². The minimum Gasteiger partial charge on any atom is -0.497 e. The molecule has 0 spiro atoms. The molecule has 198 valence electrons. The number of fused-ring (bicyclic) bond motifs is 1. The first-order chi connectivity index (χ1) is 18.3. The van der Waals surface area contributed by atoms with Crippen molar-refractivity contribution in [2.75, 3.05) is 33.1 Å². The van der Waals surface area contributed by atoms with Crippen LogP contribution in [-0.2, 0) is 0 Å². The van der Waals surface area contributed by atoms with E-state index in [1.807, 2.05) is 26.2 Å². The molecule has 0 aliphatic heterocycles. The molecule has 4 N–H and O–H groups in total. The van der Waals surface area contributed by atoms with E-state index in [2.05, 4.69) is 31.6 Å². The van der Waals surface area contributed by atoms with Crippen LogP contribution in [0.5, 0.6) is 5.75 Å². The molecular weight excluding hydrogens is 487 g/mol. The average molecular weight is 519 g/mol. The van der Waals surface area contributed by atoms with Gasteiger partial charge in [-0.2, -0.15) is 0 Å². The molecule has 0 bridgehead atoms. The lowest BCUT2D eigenvalue weighted by molar-refractivity contribution is 0.0958. The molecule has 0 radical (unpaired) electrons. The Morgan fingerprint density at radius 2 is 2.00 bits per heavy atom. The van der Waals surface area contributed by atoms with E-state index in [4.69, 9.17) is 10.5 Å². The highest BCUT2D eigenvalue weighted by Gasteiger charge is 2.21. The van der Waals surface area contributed by atoms with E-state index >= 15 is 0 Å². The Labute approximate surface area is 220 Å². The van der Waals surface area contributed by atoms with Gasteiger partial charge in [0.05, 0.1) is 29.8 Å². The molecule has 3 aromatic rings. The Bertz CT molecular complexity index is 1420. The molecule has 4 rings (SSSR count). The van der Waals surface area contributed by atoms with Crippen molar-refractivity contribution in [2.45, 2.75) is 25.3 Å². The van der Waals surface area contributed by atoms with Crippen LogP contribution in [0.2, 0.25) is 0 Å². The fourth-order valence-corrected chi connectivity index (χ4v) is 4.36. The van der Waals surface area contributed by atoms with E-state index in [0.29, 0.717) is 46.6 Å². The highest BCUT2D eigenvalue weighted by atomic mass is 19.1. The number of primary amides is 1. The maximum Gasteiger partial charge on any atom is 0.258 e. The first kappa shape index (κ1) is 26.7. The number of benzene rings is 2. The van der Waals surface area contributed by atoms with Crippen LogP contribution in [0.25, 0.3) is 10.9 Å². The fraction of sp³-hybridized carbons (Fsp3) is 0.286. The number of nitrogens with zero attached hydrogens (tertiary/aromatic N) is 3. The van der Waals surface area contributed by atoms with Crippen molar-refractivity contribution >= 4 is 28.5 Å². The minimum absolute atomic E-state index is 0.0530. The van der Waals surface area contributed by atoms with Crippen molar-refractivity contribution in [1.29, 1.82) is 0 Å². The fourth-order valence-electron chi connectivity index (χ4n) is 4.36. The Hall–Kier alpha value is -4.31. The number of hydrogen-bond donors (Lipinski definition) is 3. The third kappa shape index (κ3) is 6.15. The third-order valence-corrected chi connectivity index (χ3v) is 6.34. The van der Waals surface area contributed by atoms with Crippen molar-refractivity contribution < 1.29 is 18.7 Å². The van der Waals surface area contributed by atoms with Crippen LogP contribution in [0.1, 0.15) is 40.0 Å². The molecular formula is C28H31FN6O3. The molecule has 0 saturated heterocycles. The normalized spacial score (nSPS) is 14.0. The van der Waals surface area contributed by atoms with Gasteiger partial charge < -0.3 is 26.0 Å². The molecule has 9 nitrogen and oxygen atoms in total. The topological polar surface area (TPSA) is 122 Å². The maximum absolute atomic E-state index is 14.4. The zero-order chi connectivity index (χ0) is 27.2. The van der Waals surface area contributed by atoms with E-state index in [1.165, 1.54) is 25.6 Å². The van der Waals surface area contributed by atoms with Crippen molar-refractivity contribution in [3.8, 4) is 5.75 Å². The number of amides is 2. The van der Waals surface area contributed by atoms with E-state index in [0.717, 1.165) is 18.5 Å². The number of rotatable bonds is 10. The summed E-state index contributed by atoms with van der Waals surface area (Å²) in [5, 5.41) is 7.06. The average Bonchev–Trinajstić information content (AvgIpc) is 2.90. The summed E-state index contributed by atoms with van der Waals surface area (Å²) in [5.41, 5.74) is 7.96. The summed E-state index contributed by atoms with van der Waals surface area (Å²) in [4.78, 5) is 35.5. The molecule has 1 aliphatic carbocycles. The SMILES string of the molecule is COc1ccc(C(=O)NC2=CC(C(CCN(C)C)Nc3ncnc4c(C(N)=O)cccc34)=CCC2)c(F)c1. The van der Waals surface area contributed by atoms with Gasteiger partial charge in [-0.1, -0.05) is 12.1 Å². The van der Waals surface area contributed by atoms with Crippen molar-refractivity contribution in [3.63, 3.8) is 0 Å². The van der Waals surface area contributed by atoms with Crippen molar-refractivity contribution in [3.05, 3.63) is 83.1 Å². The van der Waals surface area contributed by atoms with Crippen molar-refractivity contribution in [1.82, 2.24) is 20.2 Å². The minimum atomic E-state index is -0.648. The summed E-state index contributed by atoms with van der Waals surface area (Å²) in [7, 11) is 5.43. The predicted octanol–water partition coefficient (Wildman–Crippen LogP) is 3.64. The molecule has 1 heterocycles. The molecule has 1 unspecified atom stereocenters. The number of aromatic nitrogens is 2. The van der Waals surface area contributed by atoms with Gasteiger partial charge in [-0.05, 0) is 75.8 Å². The zero-order valence-corrected chi connectivity index (χ0v) is 21.6. The molecule has 38 heavy (non-hydrogen) atoms. The molecule has 2 aromatic carbocycles. The van der Waals surface area contributed by atoms with Gasteiger partial charge in [-0.15, -0.1) is 0 Å². The number of carbonyl (C=O) groups is 2. The first-order valence-electron chi connectivity index (χ1n) is 12.3. The van der Waals surface area contributed by atoms with Gasteiger partial charge in [0.1, 0.15) is 23.7 Å².